The smallest absolute Gasteiger partial charge is 0.337 e. The van der Waals surface area contributed by atoms with Crippen molar-refractivity contribution >= 4 is 5.97 Å². The van der Waals surface area contributed by atoms with Crippen molar-refractivity contribution in [2.45, 2.75) is 6.10 Å². The van der Waals surface area contributed by atoms with Crippen molar-refractivity contribution in [1.82, 2.24) is 0 Å². The van der Waals surface area contributed by atoms with Crippen molar-refractivity contribution in [1.29, 1.82) is 0 Å². The van der Waals surface area contributed by atoms with E-state index in [2.05, 4.69) is 6.58 Å². The first-order valence-electron chi connectivity index (χ1n) is 6.26. The summed E-state index contributed by atoms with van der Waals surface area (Å²) in [6.45, 7) is 3.80. The van der Waals surface area contributed by atoms with Gasteiger partial charge >= 0.3 is 5.97 Å². The SMILES string of the molecule is C=C(C(=O)OC)C(Oc1ccccc1)c1ccccc1. The molecule has 0 saturated heterocycles. The van der Waals surface area contributed by atoms with E-state index in [0.29, 0.717) is 5.75 Å². The summed E-state index contributed by atoms with van der Waals surface area (Å²) in [6.07, 6.45) is -0.564. The molecule has 2 aromatic carbocycles. The minimum absolute atomic E-state index is 0.266. The van der Waals surface area contributed by atoms with Crippen molar-refractivity contribution in [2.75, 3.05) is 7.11 Å². The number of ether oxygens (including phenoxy) is 2. The van der Waals surface area contributed by atoms with Crippen LogP contribution in [0.5, 0.6) is 5.75 Å². The Labute approximate surface area is 118 Å². The van der Waals surface area contributed by atoms with Gasteiger partial charge in [-0.2, -0.15) is 0 Å². The van der Waals surface area contributed by atoms with Crippen LogP contribution in [-0.4, -0.2) is 13.1 Å². The van der Waals surface area contributed by atoms with Gasteiger partial charge in [-0.05, 0) is 17.7 Å². The second-order valence-corrected chi connectivity index (χ2v) is 4.24. The molecule has 0 heterocycles. The maximum absolute atomic E-state index is 11.7. The van der Waals surface area contributed by atoms with Crippen LogP contribution in [0, 0.1) is 0 Å². The highest BCUT2D eigenvalue weighted by Crippen LogP contribution is 2.27. The lowest BCUT2D eigenvalue weighted by Crippen LogP contribution is -2.17. The molecule has 0 aliphatic heterocycles. The fraction of sp³-hybridized carbons (Fsp3) is 0.118. The molecule has 0 aromatic heterocycles. The number of rotatable bonds is 5. The van der Waals surface area contributed by atoms with Crippen molar-refractivity contribution in [2.24, 2.45) is 0 Å². The maximum Gasteiger partial charge on any atom is 0.337 e. The highest BCUT2D eigenvalue weighted by molar-refractivity contribution is 5.89. The Hall–Kier alpha value is -2.55. The van der Waals surface area contributed by atoms with Crippen LogP contribution in [0.3, 0.4) is 0 Å². The molecule has 0 radical (unpaired) electrons. The van der Waals surface area contributed by atoms with Gasteiger partial charge in [0.1, 0.15) is 5.75 Å². The maximum atomic E-state index is 11.7. The van der Waals surface area contributed by atoms with Gasteiger partial charge < -0.3 is 9.47 Å². The van der Waals surface area contributed by atoms with E-state index >= 15 is 0 Å². The summed E-state index contributed by atoms with van der Waals surface area (Å²) in [4.78, 5) is 11.7. The van der Waals surface area contributed by atoms with Crippen molar-refractivity contribution in [3.05, 3.63) is 78.4 Å². The zero-order valence-corrected chi connectivity index (χ0v) is 11.3. The van der Waals surface area contributed by atoms with E-state index in [1.54, 1.807) is 0 Å². The van der Waals surface area contributed by atoms with Gasteiger partial charge in [0.05, 0.1) is 12.7 Å². The van der Waals surface area contributed by atoms with Crippen molar-refractivity contribution in [3.63, 3.8) is 0 Å². The molecular formula is C17H16O3. The molecule has 2 rings (SSSR count). The summed E-state index contributed by atoms with van der Waals surface area (Å²) in [6, 6.07) is 18.8. The van der Waals surface area contributed by atoms with Crippen LogP contribution in [0.15, 0.2) is 72.8 Å². The van der Waals surface area contributed by atoms with Gasteiger partial charge in [-0.3, -0.25) is 0 Å². The molecule has 102 valence electrons. The van der Waals surface area contributed by atoms with E-state index in [4.69, 9.17) is 9.47 Å². The molecule has 1 atom stereocenters. The summed E-state index contributed by atoms with van der Waals surface area (Å²) in [5, 5.41) is 0. The Balaban J connectivity index is 2.30. The lowest BCUT2D eigenvalue weighted by Gasteiger charge is -2.20. The van der Waals surface area contributed by atoms with Crippen LogP contribution in [0.25, 0.3) is 0 Å². The summed E-state index contributed by atoms with van der Waals surface area (Å²) in [5.41, 5.74) is 1.12. The predicted molar refractivity (Wildman–Crippen MR) is 77.4 cm³/mol. The average molecular weight is 268 g/mol. The first-order chi connectivity index (χ1) is 9.72. The van der Waals surface area contributed by atoms with Crippen molar-refractivity contribution in [3.8, 4) is 5.75 Å². The van der Waals surface area contributed by atoms with Gasteiger partial charge in [0.2, 0.25) is 0 Å². The summed E-state index contributed by atoms with van der Waals surface area (Å²) in [7, 11) is 1.33. The van der Waals surface area contributed by atoms with Gasteiger partial charge in [-0.25, -0.2) is 4.79 Å². The lowest BCUT2D eigenvalue weighted by molar-refractivity contribution is -0.137. The number of methoxy groups -OCH3 is 1. The third kappa shape index (κ3) is 3.26. The second kappa shape index (κ2) is 6.57. The largest absolute Gasteiger partial charge is 0.481 e. The molecule has 0 N–H and O–H groups in total. The number of carbonyl (C=O) groups excluding carboxylic acids is 1. The normalized spacial score (nSPS) is 11.4. The quantitative estimate of drug-likeness (QED) is 0.614. The topological polar surface area (TPSA) is 35.5 Å². The molecule has 0 spiro atoms. The fourth-order valence-corrected chi connectivity index (χ4v) is 1.84. The number of carbonyl (C=O) groups is 1. The molecule has 2 aromatic rings. The van der Waals surface area contributed by atoms with Gasteiger partial charge in [-0.1, -0.05) is 55.1 Å². The molecule has 0 saturated carbocycles. The molecule has 0 aliphatic carbocycles. The Bertz CT molecular complexity index is 576. The van der Waals surface area contributed by atoms with Crippen LogP contribution in [0.2, 0.25) is 0 Å². The van der Waals surface area contributed by atoms with E-state index in [9.17, 15) is 4.79 Å². The van der Waals surface area contributed by atoms with E-state index in [1.165, 1.54) is 7.11 Å². The zero-order chi connectivity index (χ0) is 14.4. The average Bonchev–Trinajstić information content (AvgIpc) is 2.53. The van der Waals surface area contributed by atoms with E-state index in [0.717, 1.165) is 5.56 Å². The Morgan fingerprint density at radius 1 is 1.00 bits per heavy atom. The van der Waals surface area contributed by atoms with Gasteiger partial charge in [-0.15, -0.1) is 0 Å². The number of benzene rings is 2. The fourth-order valence-electron chi connectivity index (χ4n) is 1.84. The molecule has 0 bridgehead atoms. The molecular weight excluding hydrogens is 252 g/mol. The van der Waals surface area contributed by atoms with Crippen LogP contribution < -0.4 is 4.74 Å². The third-order valence-electron chi connectivity index (χ3n) is 2.86. The molecule has 3 heteroatoms. The van der Waals surface area contributed by atoms with Gasteiger partial charge in [0, 0.05) is 0 Å². The molecule has 20 heavy (non-hydrogen) atoms. The first kappa shape index (κ1) is 13.9. The number of para-hydroxylation sites is 1. The third-order valence-corrected chi connectivity index (χ3v) is 2.86. The first-order valence-corrected chi connectivity index (χ1v) is 6.26. The van der Waals surface area contributed by atoms with Crippen LogP contribution in [-0.2, 0) is 9.53 Å². The molecule has 0 fully saturated rings. The molecule has 0 amide bonds. The minimum Gasteiger partial charge on any atom is -0.481 e. The Kier molecular flexibility index (Phi) is 4.56. The predicted octanol–water partition coefficient (Wildman–Crippen LogP) is 3.54. The summed E-state index contributed by atoms with van der Waals surface area (Å²) >= 11 is 0. The highest BCUT2D eigenvalue weighted by Gasteiger charge is 2.23. The Morgan fingerprint density at radius 2 is 1.55 bits per heavy atom. The van der Waals surface area contributed by atoms with Crippen molar-refractivity contribution < 1.29 is 14.3 Å². The molecule has 1 unspecified atom stereocenters. The summed E-state index contributed by atoms with van der Waals surface area (Å²) in [5.74, 6) is 0.196. The summed E-state index contributed by atoms with van der Waals surface area (Å²) < 4.78 is 10.6. The second-order valence-electron chi connectivity index (χ2n) is 4.24. The van der Waals surface area contributed by atoms with E-state index < -0.39 is 12.1 Å². The number of hydrogen-bond donors (Lipinski definition) is 0. The molecule has 3 nitrogen and oxygen atoms in total. The molecule has 0 aliphatic rings. The monoisotopic (exact) mass is 268 g/mol. The van der Waals surface area contributed by atoms with E-state index in [-0.39, 0.29) is 5.57 Å². The lowest BCUT2D eigenvalue weighted by atomic mass is 10.0. The standard InChI is InChI=1S/C17H16O3/c1-13(17(18)19-2)16(14-9-5-3-6-10-14)20-15-11-7-4-8-12-15/h3-12,16H,1H2,2H3. The Morgan fingerprint density at radius 3 is 2.10 bits per heavy atom. The van der Waals surface area contributed by atoms with Crippen LogP contribution >= 0.6 is 0 Å². The van der Waals surface area contributed by atoms with Gasteiger partial charge in [0.15, 0.2) is 6.10 Å². The number of hydrogen-bond acceptors (Lipinski definition) is 3. The number of esters is 1. The van der Waals surface area contributed by atoms with E-state index in [1.807, 2.05) is 60.7 Å². The van der Waals surface area contributed by atoms with Crippen LogP contribution in [0.1, 0.15) is 11.7 Å². The minimum atomic E-state index is -0.564. The van der Waals surface area contributed by atoms with Gasteiger partial charge in [0.25, 0.3) is 0 Å². The highest BCUT2D eigenvalue weighted by atomic mass is 16.5. The zero-order valence-electron chi connectivity index (χ0n) is 11.3. The van der Waals surface area contributed by atoms with Crippen LogP contribution in [0.4, 0.5) is 0 Å².